The van der Waals surface area contributed by atoms with Crippen LogP contribution in [0.25, 0.3) is 0 Å². The van der Waals surface area contributed by atoms with Crippen LogP contribution in [0.3, 0.4) is 0 Å². The maximum Gasteiger partial charge on any atom is 0.0847 e. The van der Waals surface area contributed by atoms with Gasteiger partial charge in [0.05, 0.1) is 17.4 Å². The Bertz CT molecular complexity index is 493. The van der Waals surface area contributed by atoms with Gasteiger partial charge in [-0.15, -0.1) is 0 Å². The molecule has 1 aromatic heterocycles. The van der Waals surface area contributed by atoms with Crippen molar-refractivity contribution in [3.63, 3.8) is 0 Å². The van der Waals surface area contributed by atoms with E-state index in [0.717, 1.165) is 38.8 Å². The van der Waals surface area contributed by atoms with E-state index in [2.05, 4.69) is 22.9 Å². The van der Waals surface area contributed by atoms with Gasteiger partial charge in [0.1, 0.15) is 0 Å². The van der Waals surface area contributed by atoms with Crippen LogP contribution in [0.1, 0.15) is 36.9 Å². The summed E-state index contributed by atoms with van der Waals surface area (Å²) in [5, 5.41) is 0. The summed E-state index contributed by atoms with van der Waals surface area (Å²) in [7, 11) is 3.70. The average molecular weight is 290 g/mol. The van der Waals surface area contributed by atoms with Crippen molar-refractivity contribution in [1.29, 1.82) is 0 Å². The first-order chi connectivity index (χ1) is 10.2. The first kappa shape index (κ1) is 14.9. The van der Waals surface area contributed by atoms with E-state index in [1.807, 2.05) is 26.5 Å². The van der Waals surface area contributed by atoms with Crippen LogP contribution in [-0.2, 0) is 16.0 Å². The lowest BCUT2D eigenvalue weighted by molar-refractivity contribution is -0.0948. The van der Waals surface area contributed by atoms with E-state index < -0.39 is 0 Å². The highest BCUT2D eigenvalue weighted by molar-refractivity contribution is 5.18. The van der Waals surface area contributed by atoms with Gasteiger partial charge in [-0.3, -0.25) is 9.88 Å². The molecule has 2 aliphatic rings. The Morgan fingerprint density at radius 2 is 2.24 bits per heavy atom. The van der Waals surface area contributed by atoms with Gasteiger partial charge in [-0.25, -0.2) is 0 Å². The van der Waals surface area contributed by atoms with Crippen LogP contribution in [0.15, 0.2) is 18.3 Å². The third kappa shape index (κ3) is 2.72. The lowest BCUT2D eigenvalue weighted by Crippen LogP contribution is -2.51. The zero-order valence-corrected chi connectivity index (χ0v) is 13.3. The van der Waals surface area contributed by atoms with Gasteiger partial charge in [-0.1, -0.05) is 6.07 Å². The van der Waals surface area contributed by atoms with E-state index >= 15 is 0 Å². The van der Waals surface area contributed by atoms with Crippen molar-refractivity contribution in [2.24, 2.45) is 0 Å². The predicted octanol–water partition coefficient (Wildman–Crippen LogP) is 2.55. The van der Waals surface area contributed by atoms with Crippen molar-refractivity contribution in [1.82, 2.24) is 9.88 Å². The van der Waals surface area contributed by atoms with E-state index in [9.17, 15) is 0 Å². The van der Waals surface area contributed by atoms with E-state index in [-0.39, 0.29) is 5.60 Å². The second-order valence-corrected chi connectivity index (χ2v) is 6.40. The van der Waals surface area contributed by atoms with Gasteiger partial charge in [0.15, 0.2) is 0 Å². The molecule has 116 valence electrons. The number of likely N-dealkylation sites (tertiary alicyclic amines) is 1. The first-order valence-corrected chi connectivity index (χ1v) is 7.91. The molecule has 0 bridgehead atoms. The highest BCUT2D eigenvalue weighted by Gasteiger charge is 2.51. The second kappa shape index (κ2) is 6.03. The number of methoxy groups -OCH3 is 2. The molecule has 0 amide bonds. The smallest absolute Gasteiger partial charge is 0.0847 e. The van der Waals surface area contributed by atoms with Crippen molar-refractivity contribution in [2.75, 3.05) is 20.8 Å². The summed E-state index contributed by atoms with van der Waals surface area (Å²) in [6.07, 6.45) is 6.65. The molecule has 1 saturated heterocycles. The zero-order chi connectivity index (χ0) is 14.9. The molecule has 1 saturated carbocycles. The molecule has 3 atom stereocenters. The highest BCUT2D eigenvalue weighted by atomic mass is 16.5. The molecule has 2 fully saturated rings. The molecule has 0 unspecified atom stereocenters. The molecule has 1 aliphatic carbocycles. The van der Waals surface area contributed by atoms with Crippen LogP contribution in [0, 0.1) is 6.92 Å². The van der Waals surface area contributed by atoms with Crippen molar-refractivity contribution >= 4 is 0 Å². The minimum Gasteiger partial charge on any atom is -0.381 e. The van der Waals surface area contributed by atoms with Crippen LogP contribution >= 0.6 is 0 Å². The summed E-state index contributed by atoms with van der Waals surface area (Å²) < 4.78 is 11.6. The number of aryl methyl sites for hydroxylation is 1. The summed E-state index contributed by atoms with van der Waals surface area (Å²) in [5.41, 5.74) is 2.48. The lowest BCUT2D eigenvalue weighted by atomic mass is 9.79. The number of nitrogens with zero attached hydrogens (tertiary/aromatic N) is 2. The standard InChI is InChI=1S/C17H26N2O2/c1-13-5-4-9-18-15(13)12-19-10-8-17(21-3)7-6-14(20-2)11-16(17)19/h4-5,9,14,16H,6-8,10-12H2,1-3H3/t14-,16+,17-/m1/s1. The molecule has 1 aromatic rings. The molecule has 2 heterocycles. The molecule has 4 heteroatoms. The fourth-order valence-electron chi connectivity index (χ4n) is 4.04. The average Bonchev–Trinajstić information content (AvgIpc) is 2.88. The Kier molecular flexibility index (Phi) is 4.29. The maximum atomic E-state index is 5.98. The van der Waals surface area contributed by atoms with Crippen LogP contribution < -0.4 is 0 Å². The highest BCUT2D eigenvalue weighted by Crippen LogP contribution is 2.43. The maximum absolute atomic E-state index is 5.98. The van der Waals surface area contributed by atoms with Crippen LogP contribution in [-0.4, -0.2) is 48.4 Å². The first-order valence-electron chi connectivity index (χ1n) is 7.91. The molecular formula is C17H26N2O2. The number of aromatic nitrogens is 1. The molecule has 3 rings (SSSR count). The number of ether oxygens (including phenoxy) is 2. The summed E-state index contributed by atoms with van der Waals surface area (Å²) in [5.74, 6) is 0. The second-order valence-electron chi connectivity index (χ2n) is 6.40. The van der Waals surface area contributed by atoms with Gasteiger partial charge < -0.3 is 9.47 Å². The topological polar surface area (TPSA) is 34.6 Å². The molecule has 0 radical (unpaired) electrons. The summed E-state index contributed by atoms with van der Waals surface area (Å²) in [4.78, 5) is 7.10. The van der Waals surface area contributed by atoms with Gasteiger partial charge in [-0.2, -0.15) is 0 Å². The van der Waals surface area contributed by atoms with E-state index in [1.54, 1.807) is 0 Å². The molecule has 0 N–H and O–H groups in total. The third-order valence-corrected chi connectivity index (χ3v) is 5.46. The molecule has 0 aromatic carbocycles. The number of hydrogen-bond donors (Lipinski definition) is 0. The van der Waals surface area contributed by atoms with Crippen molar-refractivity contribution < 1.29 is 9.47 Å². The van der Waals surface area contributed by atoms with Crippen molar-refractivity contribution in [2.45, 2.75) is 56.9 Å². The van der Waals surface area contributed by atoms with Gasteiger partial charge in [0.25, 0.3) is 0 Å². The quantitative estimate of drug-likeness (QED) is 0.853. The monoisotopic (exact) mass is 290 g/mol. The third-order valence-electron chi connectivity index (χ3n) is 5.46. The van der Waals surface area contributed by atoms with Gasteiger partial charge in [0.2, 0.25) is 0 Å². The van der Waals surface area contributed by atoms with Crippen LogP contribution in [0.2, 0.25) is 0 Å². The Balaban J connectivity index is 1.78. The summed E-state index contributed by atoms with van der Waals surface area (Å²) >= 11 is 0. The molecule has 1 aliphatic heterocycles. The molecule has 21 heavy (non-hydrogen) atoms. The van der Waals surface area contributed by atoms with Gasteiger partial charge in [0, 0.05) is 39.5 Å². The SMILES string of the molecule is CO[C@@H]1CC[C@@]2(OC)CCN(Cc3ncccc3C)[C@H]2C1. The number of pyridine rings is 1. The normalized spacial score (nSPS) is 33.1. The van der Waals surface area contributed by atoms with Gasteiger partial charge in [-0.05, 0) is 44.2 Å². The Morgan fingerprint density at radius 1 is 1.38 bits per heavy atom. The lowest BCUT2D eigenvalue weighted by Gasteiger charge is -2.43. The van der Waals surface area contributed by atoms with Crippen LogP contribution in [0.5, 0.6) is 0 Å². The number of hydrogen-bond acceptors (Lipinski definition) is 4. The molecule has 4 nitrogen and oxygen atoms in total. The van der Waals surface area contributed by atoms with E-state index in [4.69, 9.17) is 9.47 Å². The largest absolute Gasteiger partial charge is 0.381 e. The van der Waals surface area contributed by atoms with Crippen LogP contribution in [0.4, 0.5) is 0 Å². The number of fused-ring (bicyclic) bond motifs is 1. The van der Waals surface area contributed by atoms with Crippen molar-refractivity contribution in [3.05, 3.63) is 29.6 Å². The molecular weight excluding hydrogens is 264 g/mol. The minimum absolute atomic E-state index is 0.0255. The predicted molar refractivity (Wildman–Crippen MR) is 82.2 cm³/mol. The Hall–Kier alpha value is -0.970. The molecule has 0 spiro atoms. The fraction of sp³-hybridized carbons (Fsp3) is 0.706. The minimum atomic E-state index is 0.0255. The summed E-state index contributed by atoms with van der Waals surface area (Å²) in [6.45, 7) is 4.14. The summed E-state index contributed by atoms with van der Waals surface area (Å²) in [6, 6.07) is 4.59. The number of rotatable bonds is 4. The van der Waals surface area contributed by atoms with E-state index in [0.29, 0.717) is 12.1 Å². The zero-order valence-electron chi connectivity index (χ0n) is 13.3. The van der Waals surface area contributed by atoms with Crippen molar-refractivity contribution in [3.8, 4) is 0 Å². The van der Waals surface area contributed by atoms with Gasteiger partial charge >= 0.3 is 0 Å². The fourth-order valence-corrected chi connectivity index (χ4v) is 4.04. The Labute approximate surface area is 127 Å². The van der Waals surface area contributed by atoms with E-state index in [1.165, 1.54) is 11.3 Å². The Morgan fingerprint density at radius 3 is 2.95 bits per heavy atom.